The van der Waals surface area contributed by atoms with E-state index in [2.05, 4.69) is 4.98 Å². The number of amides is 1. The first-order valence-electron chi connectivity index (χ1n) is 5.72. The van der Waals surface area contributed by atoms with E-state index < -0.39 is 5.97 Å². The Kier molecular flexibility index (Phi) is 3.93. The van der Waals surface area contributed by atoms with Gasteiger partial charge in [0.25, 0.3) is 5.91 Å². The van der Waals surface area contributed by atoms with Crippen molar-refractivity contribution in [3.05, 3.63) is 16.1 Å². The standard InChI is InChI=1S/C11H15N3O3S/c1-8-12-9(7-18-8)11(17)14-4-2-13(3-5-14)6-10(15)16/h7H,2-6H2,1H3,(H,15,16). The number of hydrogen-bond donors (Lipinski definition) is 1. The fraction of sp³-hybridized carbons (Fsp3) is 0.545. The number of piperazine rings is 1. The van der Waals surface area contributed by atoms with Crippen LogP contribution < -0.4 is 0 Å². The zero-order chi connectivity index (χ0) is 13.1. The van der Waals surface area contributed by atoms with Crippen LogP contribution in [0.4, 0.5) is 0 Å². The minimum atomic E-state index is -0.829. The Bertz CT molecular complexity index is 452. The van der Waals surface area contributed by atoms with Crippen LogP contribution in [0.2, 0.25) is 0 Å². The van der Waals surface area contributed by atoms with Gasteiger partial charge in [-0.1, -0.05) is 0 Å². The molecule has 1 saturated heterocycles. The minimum absolute atomic E-state index is 0.0395. The summed E-state index contributed by atoms with van der Waals surface area (Å²) < 4.78 is 0. The summed E-state index contributed by atoms with van der Waals surface area (Å²) in [5, 5.41) is 11.3. The predicted octanol–water partition coefficient (Wildman–Crippen LogP) is 0.294. The fourth-order valence-electron chi connectivity index (χ4n) is 1.92. The normalized spacial score (nSPS) is 16.8. The van der Waals surface area contributed by atoms with Crippen molar-refractivity contribution in [3.8, 4) is 0 Å². The van der Waals surface area contributed by atoms with Crippen LogP contribution in [0.25, 0.3) is 0 Å². The van der Waals surface area contributed by atoms with E-state index in [0.29, 0.717) is 31.9 Å². The highest BCUT2D eigenvalue weighted by molar-refractivity contribution is 7.09. The molecule has 7 heteroatoms. The van der Waals surface area contributed by atoms with E-state index in [0.717, 1.165) is 5.01 Å². The number of rotatable bonds is 3. The summed E-state index contributed by atoms with van der Waals surface area (Å²) >= 11 is 1.46. The molecule has 1 aromatic rings. The van der Waals surface area contributed by atoms with E-state index in [1.807, 2.05) is 11.8 Å². The first kappa shape index (κ1) is 13.0. The smallest absolute Gasteiger partial charge is 0.317 e. The van der Waals surface area contributed by atoms with E-state index in [9.17, 15) is 9.59 Å². The molecule has 1 aromatic heterocycles. The van der Waals surface area contributed by atoms with Gasteiger partial charge in [0.1, 0.15) is 5.69 Å². The third-order valence-corrected chi connectivity index (χ3v) is 3.63. The van der Waals surface area contributed by atoms with Gasteiger partial charge in [-0.2, -0.15) is 0 Å². The maximum Gasteiger partial charge on any atom is 0.317 e. The number of carbonyl (C=O) groups is 2. The molecule has 98 valence electrons. The van der Waals surface area contributed by atoms with Crippen molar-refractivity contribution in [3.63, 3.8) is 0 Å². The van der Waals surface area contributed by atoms with E-state index in [1.165, 1.54) is 11.3 Å². The number of carboxylic acids is 1. The van der Waals surface area contributed by atoms with Gasteiger partial charge in [-0.05, 0) is 6.92 Å². The molecule has 1 aliphatic heterocycles. The number of carboxylic acid groups (broad SMARTS) is 1. The van der Waals surface area contributed by atoms with Crippen LogP contribution in [0.1, 0.15) is 15.5 Å². The second kappa shape index (κ2) is 5.45. The van der Waals surface area contributed by atoms with Crippen LogP contribution in [0.15, 0.2) is 5.38 Å². The molecular weight excluding hydrogens is 254 g/mol. The molecule has 6 nitrogen and oxygen atoms in total. The molecule has 18 heavy (non-hydrogen) atoms. The summed E-state index contributed by atoms with van der Waals surface area (Å²) in [7, 11) is 0. The Morgan fingerprint density at radius 2 is 2.06 bits per heavy atom. The van der Waals surface area contributed by atoms with Crippen LogP contribution in [0.5, 0.6) is 0 Å². The molecule has 0 spiro atoms. The highest BCUT2D eigenvalue weighted by Gasteiger charge is 2.24. The molecule has 1 aliphatic rings. The van der Waals surface area contributed by atoms with Crippen LogP contribution >= 0.6 is 11.3 Å². The molecule has 2 rings (SSSR count). The predicted molar refractivity (Wildman–Crippen MR) is 66.8 cm³/mol. The zero-order valence-electron chi connectivity index (χ0n) is 10.1. The number of hydrogen-bond acceptors (Lipinski definition) is 5. The summed E-state index contributed by atoms with van der Waals surface area (Å²) in [6.07, 6.45) is 0. The highest BCUT2D eigenvalue weighted by Crippen LogP contribution is 2.12. The van der Waals surface area contributed by atoms with Gasteiger partial charge in [-0.25, -0.2) is 4.98 Å². The number of aromatic nitrogens is 1. The van der Waals surface area contributed by atoms with Gasteiger partial charge in [-0.3, -0.25) is 14.5 Å². The number of nitrogens with zero attached hydrogens (tertiary/aromatic N) is 3. The van der Waals surface area contributed by atoms with E-state index in [4.69, 9.17) is 5.11 Å². The molecule has 0 unspecified atom stereocenters. The molecule has 1 amide bonds. The van der Waals surface area contributed by atoms with Gasteiger partial charge < -0.3 is 10.0 Å². The van der Waals surface area contributed by atoms with Crippen molar-refractivity contribution >= 4 is 23.2 Å². The summed E-state index contributed by atoms with van der Waals surface area (Å²) in [6.45, 7) is 4.22. The molecule has 0 atom stereocenters. The van der Waals surface area contributed by atoms with Crippen molar-refractivity contribution < 1.29 is 14.7 Å². The second-order valence-electron chi connectivity index (χ2n) is 4.21. The van der Waals surface area contributed by atoms with Crippen LogP contribution in [-0.2, 0) is 4.79 Å². The Hall–Kier alpha value is -1.47. The molecule has 0 radical (unpaired) electrons. The average molecular weight is 269 g/mol. The molecule has 0 saturated carbocycles. The number of thiazole rings is 1. The topological polar surface area (TPSA) is 73.7 Å². The highest BCUT2D eigenvalue weighted by atomic mass is 32.1. The van der Waals surface area contributed by atoms with Gasteiger partial charge in [0.05, 0.1) is 11.6 Å². The van der Waals surface area contributed by atoms with E-state index in [1.54, 1.807) is 10.3 Å². The summed E-state index contributed by atoms with van der Waals surface area (Å²) in [5.74, 6) is -0.890. The maximum atomic E-state index is 12.1. The summed E-state index contributed by atoms with van der Waals surface area (Å²) in [5.41, 5.74) is 0.490. The lowest BCUT2D eigenvalue weighted by Crippen LogP contribution is -2.49. The van der Waals surface area contributed by atoms with Gasteiger partial charge in [0.2, 0.25) is 0 Å². The number of carbonyl (C=O) groups excluding carboxylic acids is 1. The van der Waals surface area contributed by atoms with E-state index >= 15 is 0 Å². The van der Waals surface area contributed by atoms with Gasteiger partial charge in [0, 0.05) is 31.6 Å². The SMILES string of the molecule is Cc1nc(C(=O)N2CCN(CC(=O)O)CC2)cs1. The molecule has 1 fully saturated rings. The number of aliphatic carboxylic acids is 1. The quantitative estimate of drug-likeness (QED) is 0.854. The van der Waals surface area contributed by atoms with Crippen molar-refractivity contribution in [2.45, 2.75) is 6.92 Å². The first-order valence-corrected chi connectivity index (χ1v) is 6.60. The lowest BCUT2D eigenvalue weighted by atomic mass is 10.3. The molecular formula is C11H15N3O3S. The lowest BCUT2D eigenvalue weighted by Gasteiger charge is -2.33. The average Bonchev–Trinajstić information content (AvgIpc) is 2.75. The van der Waals surface area contributed by atoms with Crippen molar-refractivity contribution in [1.29, 1.82) is 0 Å². The number of aryl methyl sites for hydroxylation is 1. The third kappa shape index (κ3) is 3.05. The van der Waals surface area contributed by atoms with Gasteiger partial charge in [0.15, 0.2) is 0 Å². The fourth-order valence-corrected chi connectivity index (χ4v) is 2.51. The molecule has 1 N–H and O–H groups in total. The first-order chi connectivity index (χ1) is 8.56. The van der Waals surface area contributed by atoms with E-state index in [-0.39, 0.29) is 12.5 Å². The monoisotopic (exact) mass is 269 g/mol. The zero-order valence-corrected chi connectivity index (χ0v) is 10.9. The second-order valence-corrected chi connectivity index (χ2v) is 5.28. The van der Waals surface area contributed by atoms with Gasteiger partial charge >= 0.3 is 5.97 Å². The molecule has 2 heterocycles. The van der Waals surface area contributed by atoms with Crippen molar-refractivity contribution in [2.24, 2.45) is 0 Å². The van der Waals surface area contributed by atoms with Crippen molar-refractivity contribution in [2.75, 3.05) is 32.7 Å². The molecule has 0 aromatic carbocycles. The van der Waals surface area contributed by atoms with Crippen LogP contribution in [0, 0.1) is 6.92 Å². The Morgan fingerprint density at radius 1 is 1.39 bits per heavy atom. The third-order valence-electron chi connectivity index (χ3n) is 2.86. The molecule has 0 bridgehead atoms. The maximum absolute atomic E-state index is 12.1. The minimum Gasteiger partial charge on any atom is -0.480 e. The molecule has 0 aliphatic carbocycles. The lowest BCUT2D eigenvalue weighted by molar-refractivity contribution is -0.138. The summed E-state index contributed by atoms with van der Waals surface area (Å²) in [4.78, 5) is 30.4. The largest absolute Gasteiger partial charge is 0.480 e. The Balaban J connectivity index is 1.90. The van der Waals surface area contributed by atoms with Gasteiger partial charge in [-0.15, -0.1) is 11.3 Å². The Labute approximate surface area is 109 Å². The summed E-state index contributed by atoms with van der Waals surface area (Å²) in [6, 6.07) is 0. The van der Waals surface area contributed by atoms with Crippen molar-refractivity contribution in [1.82, 2.24) is 14.8 Å². The Morgan fingerprint density at radius 3 is 2.56 bits per heavy atom. The van der Waals surface area contributed by atoms with Crippen LogP contribution in [-0.4, -0.2) is 64.5 Å². The van der Waals surface area contributed by atoms with Crippen LogP contribution in [0.3, 0.4) is 0 Å².